The first-order chi connectivity index (χ1) is 8.52. The Morgan fingerprint density at radius 2 is 1.61 bits per heavy atom. The quantitative estimate of drug-likeness (QED) is 0.734. The highest BCUT2D eigenvalue weighted by molar-refractivity contribution is 6.49. The van der Waals surface area contributed by atoms with E-state index in [9.17, 15) is 0 Å². The maximum absolute atomic E-state index is 6.19. The Kier molecular flexibility index (Phi) is 4.41. The molecule has 0 spiro atoms. The second-order valence-electron chi connectivity index (χ2n) is 3.78. The van der Waals surface area contributed by atoms with Crippen LogP contribution in [0.5, 0.6) is 0 Å². The van der Waals surface area contributed by atoms with Crippen LogP contribution < -0.4 is 5.73 Å². The van der Waals surface area contributed by atoms with E-state index >= 15 is 0 Å². The third-order valence-corrected chi connectivity index (χ3v) is 4.05. The van der Waals surface area contributed by atoms with Gasteiger partial charge >= 0.3 is 0 Å². The fourth-order valence-electron chi connectivity index (χ4n) is 1.67. The van der Waals surface area contributed by atoms with Crippen LogP contribution in [0.25, 0.3) is 11.1 Å². The highest BCUT2D eigenvalue weighted by Crippen LogP contribution is 2.38. The standard InChI is InChI=1S/C13H9Cl4N/c14-9-4-7(6-18)3-8(5-9)10-1-2-11(15)13(17)12(10)16/h1-5H,6,18H2. The molecule has 0 heterocycles. The number of benzene rings is 2. The van der Waals surface area contributed by atoms with E-state index in [-0.39, 0.29) is 0 Å². The molecule has 0 aliphatic heterocycles. The highest BCUT2D eigenvalue weighted by atomic mass is 35.5. The monoisotopic (exact) mass is 319 g/mol. The lowest BCUT2D eigenvalue weighted by Crippen LogP contribution is -1.96. The SMILES string of the molecule is NCc1cc(Cl)cc(-c2ccc(Cl)c(Cl)c2Cl)c1. The molecule has 0 fully saturated rings. The first-order valence-electron chi connectivity index (χ1n) is 5.16. The van der Waals surface area contributed by atoms with Crippen molar-refractivity contribution in [1.29, 1.82) is 0 Å². The normalized spacial score (nSPS) is 10.7. The summed E-state index contributed by atoms with van der Waals surface area (Å²) in [6.45, 7) is 0.409. The van der Waals surface area contributed by atoms with Crippen molar-refractivity contribution in [3.63, 3.8) is 0 Å². The zero-order valence-electron chi connectivity index (χ0n) is 9.18. The number of hydrogen-bond donors (Lipinski definition) is 1. The van der Waals surface area contributed by atoms with Gasteiger partial charge in [0.2, 0.25) is 0 Å². The number of rotatable bonds is 2. The summed E-state index contributed by atoms with van der Waals surface area (Å²) in [7, 11) is 0. The van der Waals surface area contributed by atoms with Crippen molar-refractivity contribution >= 4 is 46.4 Å². The molecule has 2 rings (SSSR count). The maximum Gasteiger partial charge on any atom is 0.0784 e. The Labute approximate surface area is 125 Å². The Bertz CT molecular complexity index is 596. The lowest BCUT2D eigenvalue weighted by molar-refractivity contribution is 1.07. The smallest absolute Gasteiger partial charge is 0.0784 e. The predicted molar refractivity (Wildman–Crippen MR) is 79.8 cm³/mol. The molecule has 0 aliphatic rings. The van der Waals surface area contributed by atoms with Gasteiger partial charge in [0, 0.05) is 17.1 Å². The molecule has 0 aliphatic carbocycles. The van der Waals surface area contributed by atoms with Gasteiger partial charge in [-0.3, -0.25) is 0 Å². The van der Waals surface area contributed by atoms with Gasteiger partial charge in [0.05, 0.1) is 15.1 Å². The van der Waals surface area contributed by atoms with Crippen molar-refractivity contribution in [2.24, 2.45) is 5.73 Å². The average molecular weight is 321 g/mol. The number of nitrogens with two attached hydrogens (primary N) is 1. The average Bonchev–Trinajstić information content (AvgIpc) is 2.35. The summed E-state index contributed by atoms with van der Waals surface area (Å²) in [5, 5.41) is 1.78. The molecule has 0 saturated carbocycles. The van der Waals surface area contributed by atoms with Crippen LogP contribution in [0.4, 0.5) is 0 Å². The van der Waals surface area contributed by atoms with E-state index in [4.69, 9.17) is 52.1 Å². The molecule has 2 aromatic carbocycles. The van der Waals surface area contributed by atoms with Gasteiger partial charge < -0.3 is 5.73 Å². The fraction of sp³-hybridized carbons (Fsp3) is 0.0769. The first kappa shape index (κ1) is 14.0. The molecule has 94 valence electrons. The molecule has 0 atom stereocenters. The minimum atomic E-state index is 0.338. The highest BCUT2D eigenvalue weighted by Gasteiger charge is 2.11. The van der Waals surface area contributed by atoms with Crippen LogP contribution in [-0.2, 0) is 6.54 Å². The van der Waals surface area contributed by atoms with Gasteiger partial charge in [-0.2, -0.15) is 0 Å². The van der Waals surface area contributed by atoms with Crippen LogP contribution in [0.3, 0.4) is 0 Å². The zero-order chi connectivity index (χ0) is 13.3. The van der Waals surface area contributed by atoms with Crippen molar-refractivity contribution < 1.29 is 0 Å². The van der Waals surface area contributed by atoms with Gasteiger partial charge in [-0.15, -0.1) is 0 Å². The van der Waals surface area contributed by atoms with Crippen molar-refractivity contribution in [2.75, 3.05) is 0 Å². The van der Waals surface area contributed by atoms with Crippen molar-refractivity contribution in [1.82, 2.24) is 0 Å². The fourth-order valence-corrected chi connectivity index (χ4v) is 2.57. The Balaban J connectivity index is 2.62. The number of hydrogen-bond acceptors (Lipinski definition) is 1. The van der Waals surface area contributed by atoms with E-state index < -0.39 is 0 Å². The molecule has 0 bridgehead atoms. The van der Waals surface area contributed by atoms with Crippen LogP contribution in [0, 0.1) is 0 Å². The van der Waals surface area contributed by atoms with Crippen LogP contribution in [0.2, 0.25) is 20.1 Å². The van der Waals surface area contributed by atoms with E-state index in [2.05, 4.69) is 0 Å². The van der Waals surface area contributed by atoms with E-state index in [1.54, 1.807) is 6.07 Å². The van der Waals surface area contributed by atoms with Gasteiger partial charge in [-0.05, 0) is 35.4 Å². The van der Waals surface area contributed by atoms with E-state index in [1.807, 2.05) is 24.3 Å². The molecule has 0 unspecified atom stereocenters. The van der Waals surface area contributed by atoms with Gasteiger partial charge in [-0.25, -0.2) is 0 Å². The minimum Gasteiger partial charge on any atom is -0.326 e. The maximum atomic E-state index is 6.19. The molecular formula is C13H9Cl4N. The molecule has 0 aromatic heterocycles. The summed E-state index contributed by atoms with van der Waals surface area (Å²) in [6, 6.07) is 9.07. The van der Waals surface area contributed by atoms with Crippen LogP contribution in [-0.4, -0.2) is 0 Å². The largest absolute Gasteiger partial charge is 0.326 e. The lowest BCUT2D eigenvalue weighted by atomic mass is 10.0. The first-order valence-corrected chi connectivity index (χ1v) is 6.67. The summed E-state index contributed by atoms with van der Waals surface area (Å²) in [5.74, 6) is 0. The van der Waals surface area contributed by atoms with Crippen molar-refractivity contribution in [3.8, 4) is 11.1 Å². The van der Waals surface area contributed by atoms with Gasteiger partial charge in [-0.1, -0.05) is 52.5 Å². The summed E-state index contributed by atoms with van der Waals surface area (Å²) in [5.41, 5.74) is 8.20. The van der Waals surface area contributed by atoms with Crippen molar-refractivity contribution in [2.45, 2.75) is 6.54 Å². The molecule has 0 amide bonds. The second kappa shape index (κ2) is 5.68. The Morgan fingerprint density at radius 3 is 2.28 bits per heavy atom. The summed E-state index contributed by atoms with van der Waals surface area (Å²) in [4.78, 5) is 0. The summed E-state index contributed by atoms with van der Waals surface area (Å²) >= 11 is 24.2. The van der Waals surface area contributed by atoms with Crippen LogP contribution in [0.1, 0.15) is 5.56 Å². The van der Waals surface area contributed by atoms with Crippen LogP contribution >= 0.6 is 46.4 Å². The van der Waals surface area contributed by atoms with Gasteiger partial charge in [0.15, 0.2) is 0 Å². The summed E-state index contributed by atoms with van der Waals surface area (Å²) in [6.07, 6.45) is 0. The zero-order valence-corrected chi connectivity index (χ0v) is 12.2. The topological polar surface area (TPSA) is 26.0 Å². The molecular weight excluding hydrogens is 312 g/mol. The molecule has 0 radical (unpaired) electrons. The third kappa shape index (κ3) is 2.76. The molecule has 2 aromatic rings. The van der Waals surface area contributed by atoms with Crippen LogP contribution in [0.15, 0.2) is 30.3 Å². The van der Waals surface area contributed by atoms with E-state index in [1.165, 1.54) is 0 Å². The van der Waals surface area contributed by atoms with E-state index in [0.29, 0.717) is 26.6 Å². The van der Waals surface area contributed by atoms with E-state index in [0.717, 1.165) is 16.7 Å². The summed E-state index contributed by atoms with van der Waals surface area (Å²) < 4.78 is 0. The van der Waals surface area contributed by atoms with Gasteiger partial charge in [0.25, 0.3) is 0 Å². The molecule has 1 nitrogen and oxygen atoms in total. The third-order valence-electron chi connectivity index (χ3n) is 2.54. The Morgan fingerprint density at radius 1 is 0.889 bits per heavy atom. The molecule has 2 N–H and O–H groups in total. The lowest BCUT2D eigenvalue weighted by Gasteiger charge is -2.09. The predicted octanol–water partition coefficient (Wildman–Crippen LogP) is 5.43. The Hall–Kier alpha value is -0.440. The minimum absolute atomic E-state index is 0.338. The molecule has 5 heteroatoms. The van der Waals surface area contributed by atoms with Crippen molar-refractivity contribution in [3.05, 3.63) is 56.0 Å². The molecule has 0 saturated heterocycles. The van der Waals surface area contributed by atoms with Gasteiger partial charge in [0.1, 0.15) is 0 Å². The second-order valence-corrected chi connectivity index (χ2v) is 5.37. The number of halogens is 4. The molecule has 18 heavy (non-hydrogen) atoms.